The van der Waals surface area contributed by atoms with Crippen molar-refractivity contribution < 1.29 is 14.3 Å². The predicted molar refractivity (Wildman–Crippen MR) is 96.6 cm³/mol. The number of ether oxygens (including phenoxy) is 1. The van der Waals surface area contributed by atoms with Gasteiger partial charge in [-0.05, 0) is 24.1 Å². The van der Waals surface area contributed by atoms with E-state index in [0.29, 0.717) is 42.4 Å². The van der Waals surface area contributed by atoms with Crippen molar-refractivity contribution in [3.8, 4) is 0 Å². The van der Waals surface area contributed by atoms with Crippen LogP contribution in [-0.4, -0.2) is 45.2 Å². The fourth-order valence-electron chi connectivity index (χ4n) is 2.02. The molecule has 24 heavy (non-hydrogen) atoms. The molecule has 2 amide bonds. The minimum absolute atomic E-state index is 0.0824. The summed E-state index contributed by atoms with van der Waals surface area (Å²) in [4.78, 5) is 24.0. The third kappa shape index (κ3) is 7.77. The van der Waals surface area contributed by atoms with E-state index in [1.165, 1.54) is 0 Å². The zero-order chi connectivity index (χ0) is 17.9. The molecule has 0 bridgehead atoms. The zero-order valence-corrected chi connectivity index (χ0v) is 15.2. The quantitative estimate of drug-likeness (QED) is 0.563. The maximum absolute atomic E-state index is 12.2. The van der Waals surface area contributed by atoms with Crippen molar-refractivity contribution in [2.45, 2.75) is 20.3 Å². The molecule has 134 valence electrons. The first-order valence-electron chi connectivity index (χ1n) is 8.01. The van der Waals surface area contributed by atoms with E-state index in [0.717, 1.165) is 6.54 Å². The Morgan fingerprint density at radius 2 is 1.96 bits per heavy atom. The van der Waals surface area contributed by atoms with Crippen molar-refractivity contribution in [3.63, 3.8) is 0 Å². The number of methoxy groups -OCH3 is 1. The van der Waals surface area contributed by atoms with Crippen LogP contribution >= 0.6 is 11.6 Å². The summed E-state index contributed by atoms with van der Waals surface area (Å²) in [5, 5.41) is 9.05. The van der Waals surface area contributed by atoms with Gasteiger partial charge in [0.25, 0.3) is 5.91 Å². The van der Waals surface area contributed by atoms with Crippen molar-refractivity contribution in [2.24, 2.45) is 5.92 Å². The number of nitrogens with one attached hydrogen (secondary N) is 3. The van der Waals surface area contributed by atoms with Crippen molar-refractivity contribution in [1.29, 1.82) is 0 Å². The van der Waals surface area contributed by atoms with Gasteiger partial charge in [0, 0.05) is 38.9 Å². The first kappa shape index (κ1) is 20.4. The van der Waals surface area contributed by atoms with E-state index >= 15 is 0 Å². The molecular weight excluding hydrogens is 330 g/mol. The number of amides is 2. The van der Waals surface area contributed by atoms with Crippen LogP contribution in [0.25, 0.3) is 0 Å². The standard InChI is InChI=1S/C17H26ClN3O3/c1-12(2)10-16(22)21-13-4-5-15(18)14(11-13)17(23)20-7-6-19-8-9-24-3/h4-5,11-12,19H,6-10H2,1-3H3,(H,20,23)(H,21,22). The lowest BCUT2D eigenvalue weighted by atomic mass is 10.1. The van der Waals surface area contributed by atoms with Crippen LogP contribution in [0, 0.1) is 5.92 Å². The number of hydrogen-bond acceptors (Lipinski definition) is 4. The molecule has 1 aromatic carbocycles. The smallest absolute Gasteiger partial charge is 0.252 e. The van der Waals surface area contributed by atoms with Gasteiger partial charge < -0.3 is 20.7 Å². The molecule has 1 rings (SSSR count). The maximum atomic E-state index is 12.2. The van der Waals surface area contributed by atoms with Crippen molar-refractivity contribution >= 4 is 29.1 Å². The predicted octanol–water partition coefficient (Wildman–Crippen LogP) is 2.29. The van der Waals surface area contributed by atoms with Gasteiger partial charge >= 0.3 is 0 Å². The highest BCUT2D eigenvalue weighted by Gasteiger charge is 2.12. The van der Waals surface area contributed by atoms with Gasteiger partial charge in [0.05, 0.1) is 17.2 Å². The summed E-state index contributed by atoms with van der Waals surface area (Å²) < 4.78 is 4.92. The molecule has 0 aliphatic rings. The first-order valence-corrected chi connectivity index (χ1v) is 8.39. The summed E-state index contributed by atoms with van der Waals surface area (Å²) >= 11 is 6.09. The number of hydrogen-bond donors (Lipinski definition) is 3. The van der Waals surface area contributed by atoms with Crippen LogP contribution in [0.1, 0.15) is 30.6 Å². The van der Waals surface area contributed by atoms with E-state index < -0.39 is 0 Å². The Morgan fingerprint density at radius 1 is 1.21 bits per heavy atom. The molecule has 0 radical (unpaired) electrons. The van der Waals surface area contributed by atoms with Crippen LogP contribution in [0.5, 0.6) is 0 Å². The summed E-state index contributed by atoms with van der Waals surface area (Å²) in [6, 6.07) is 4.89. The lowest BCUT2D eigenvalue weighted by Gasteiger charge is -2.11. The number of benzene rings is 1. The number of anilines is 1. The third-order valence-electron chi connectivity index (χ3n) is 3.16. The summed E-state index contributed by atoms with van der Waals surface area (Å²) in [7, 11) is 1.64. The van der Waals surface area contributed by atoms with Gasteiger partial charge in [-0.25, -0.2) is 0 Å². The van der Waals surface area contributed by atoms with E-state index in [4.69, 9.17) is 16.3 Å². The Hall–Kier alpha value is -1.63. The van der Waals surface area contributed by atoms with Gasteiger partial charge in [-0.2, -0.15) is 0 Å². The third-order valence-corrected chi connectivity index (χ3v) is 3.49. The maximum Gasteiger partial charge on any atom is 0.252 e. The van der Waals surface area contributed by atoms with Crippen LogP contribution in [0.15, 0.2) is 18.2 Å². The molecule has 0 aliphatic heterocycles. The van der Waals surface area contributed by atoms with Gasteiger partial charge in [-0.1, -0.05) is 25.4 Å². The molecule has 0 unspecified atom stereocenters. The Bertz CT molecular complexity index is 550. The molecule has 7 heteroatoms. The molecule has 0 spiro atoms. The van der Waals surface area contributed by atoms with E-state index in [-0.39, 0.29) is 17.7 Å². The van der Waals surface area contributed by atoms with Crippen LogP contribution in [-0.2, 0) is 9.53 Å². The highest BCUT2D eigenvalue weighted by atomic mass is 35.5. The van der Waals surface area contributed by atoms with Gasteiger partial charge in [0.2, 0.25) is 5.91 Å². The van der Waals surface area contributed by atoms with Crippen LogP contribution in [0.3, 0.4) is 0 Å². The SMILES string of the molecule is COCCNCCNC(=O)c1cc(NC(=O)CC(C)C)ccc1Cl. The van der Waals surface area contributed by atoms with Crippen LogP contribution < -0.4 is 16.0 Å². The van der Waals surface area contributed by atoms with Crippen LogP contribution in [0.2, 0.25) is 5.02 Å². The Morgan fingerprint density at radius 3 is 2.62 bits per heavy atom. The monoisotopic (exact) mass is 355 g/mol. The van der Waals surface area contributed by atoms with Gasteiger partial charge in [-0.15, -0.1) is 0 Å². The molecule has 0 saturated heterocycles. The van der Waals surface area contributed by atoms with Crippen molar-refractivity contribution in [1.82, 2.24) is 10.6 Å². The Balaban J connectivity index is 2.55. The molecule has 1 aromatic rings. The molecule has 0 aromatic heterocycles. The molecule has 0 saturated carbocycles. The van der Waals surface area contributed by atoms with Crippen LogP contribution in [0.4, 0.5) is 5.69 Å². The second-order valence-electron chi connectivity index (χ2n) is 5.84. The first-order chi connectivity index (χ1) is 11.4. The second-order valence-corrected chi connectivity index (χ2v) is 6.25. The van der Waals surface area contributed by atoms with Crippen molar-refractivity contribution in [2.75, 3.05) is 38.7 Å². The fourth-order valence-corrected chi connectivity index (χ4v) is 2.22. The van der Waals surface area contributed by atoms with E-state index in [2.05, 4.69) is 16.0 Å². The molecule has 0 aliphatic carbocycles. The zero-order valence-electron chi connectivity index (χ0n) is 14.4. The van der Waals surface area contributed by atoms with Gasteiger partial charge in [0.15, 0.2) is 0 Å². The summed E-state index contributed by atoms with van der Waals surface area (Å²) in [6.07, 6.45) is 0.428. The topological polar surface area (TPSA) is 79.5 Å². The summed E-state index contributed by atoms with van der Waals surface area (Å²) in [6.45, 7) is 6.41. The normalized spacial score (nSPS) is 10.7. The average molecular weight is 356 g/mol. The fraction of sp³-hybridized carbons (Fsp3) is 0.529. The minimum atomic E-state index is -0.270. The van der Waals surface area contributed by atoms with E-state index in [1.54, 1.807) is 25.3 Å². The number of carbonyl (C=O) groups is 2. The molecular formula is C17H26ClN3O3. The minimum Gasteiger partial charge on any atom is -0.383 e. The number of rotatable bonds is 10. The van der Waals surface area contributed by atoms with Gasteiger partial charge in [-0.3, -0.25) is 9.59 Å². The summed E-state index contributed by atoms with van der Waals surface area (Å²) in [5.74, 6) is -0.0831. The second kappa shape index (κ2) is 11.0. The molecule has 3 N–H and O–H groups in total. The number of carbonyl (C=O) groups excluding carboxylic acids is 2. The Kier molecular flexibility index (Phi) is 9.37. The number of halogens is 1. The largest absolute Gasteiger partial charge is 0.383 e. The molecule has 0 fully saturated rings. The van der Waals surface area contributed by atoms with E-state index in [1.807, 2.05) is 13.8 Å². The highest BCUT2D eigenvalue weighted by molar-refractivity contribution is 6.34. The van der Waals surface area contributed by atoms with Crippen molar-refractivity contribution in [3.05, 3.63) is 28.8 Å². The van der Waals surface area contributed by atoms with E-state index in [9.17, 15) is 9.59 Å². The lowest BCUT2D eigenvalue weighted by Crippen LogP contribution is -2.33. The van der Waals surface area contributed by atoms with Gasteiger partial charge in [0.1, 0.15) is 0 Å². The average Bonchev–Trinajstić information content (AvgIpc) is 2.51. The summed E-state index contributed by atoms with van der Waals surface area (Å²) in [5.41, 5.74) is 0.907. The lowest BCUT2D eigenvalue weighted by molar-refractivity contribution is -0.116. The molecule has 6 nitrogen and oxygen atoms in total. The molecule has 0 heterocycles. The Labute approximate surface area is 148 Å². The molecule has 0 atom stereocenters. The highest BCUT2D eigenvalue weighted by Crippen LogP contribution is 2.21.